The van der Waals surface area contributed by atoms with Crippen molar-refractivity contribution in [3.05, 3.63) is 89.2 Å². The van der Waals surface area contributed by atoms with Crippen LogP contribution in [0.1, 0.15) is 24.5 Å². The molecule has 0 fully saturated rings. The van der Waals surface area contributed by atoms with Gasteiger partial charge in [0.15, 0.2) is 11.0 Å². The van der Waals surface area contributed by atoms with E-state index >= 15 is 0 Å². The quantitative estimate of drug-likeness (QED) is 0.312. The lowest BCUT2D eigenvalue weighted by Gasteiger charge is -2.15. The predicted molar refractivity (Wildman–Crippen MR) is 137 cm³/mol. The predicted octanol–water partition coefficient (Wildman–Crippen LogP) is 5.52. The maximum atomic E-state index is 12.7. The van der Waals surface area contributed by atoms with Gasteiger partial charge >= 0.3 is 0 Å². The van der Waals surface area contributed by atoms with Crippen LogP contribution in [0.25, 0.3) is 17.1 Å². The fourth-order valence-electron chi connectivity index (χ4n) is 3.65. The van der Waals surface area contributed by atoms with Crippen LogP contribution in [-0.4, -0.2) is 37.5 Å². The van der Waals surface area contributed by atoms with Crippen LogP contribution in [0.2, 0.25) is 5.02 Å². The molecule has 0 spiro atoms. The van der Waals surface area contributed by atoms with Gasteiger partial charge in [0.25, 0.3) is 0 Å². The molecule has 1 unspecified atom stereocenters. The zero-order valence-electron chi connectivity index (χ0n) is 19.1. The molecular formula is C26H26ClN5OS. The number of aromatic nitrogens is 4. The Labute approximate surface area is 208 Å². The Morgan fingerprint density at radius 1 is 1.06 bits per heavy atom. The number of hydrogen-bond acceptors (Lipinski definition) is 5. The number of nitrogens with zero attached hydrogens (tertiary/aromatic N) is 4. The minimum atomic E-state index is -0.0339. The highest BCUT2D eigenvalue weighted by atomic mass is 35.5. The Morgan fingerprint density at radius 2 is 1.82 bits per heavy atom. The second kappa shape index (κ2) is 11.3. The third kappa shape index (κ3) is 5.85. The van der Waals surface area contributed by atoms with Crippen molar-refractivity contribution in [3.63, 3.8) is 0 Å². The summed E-state index contributed by atoms with van der Waals surface area (Å²) in [5.41, 5.74) is 3.95. The number of nitrogens with one attached hydrogen (secondary N) is 1. The lowest BCUT2D eigenvalue weighted by Crippen LogP contribution is -2.34. The molecule has 4 rings (SSSR count). The summed E-state index contributed by atoms with van der Waals surface area (Å²) in [7, 11) is 0. The van der Waals surface area contributed by atoms with Gasteiger partial charge in [-0.15, -0.1) is 10.2 Å². The minimum Gasteiger partial charge on any atom is -0.353 e. The molecule has 2 aromatic heterocycles. The first-order valence-electron chi connectivity index (χ1n) is 11.1. The van der Waals surface area contributed by atoms with Crippen molar-refractivity contribution in [1.29, 1.82) is 0 Å². The average Bonchev–Trinajstić information content (AvgIpc) is 3.28. The lowest BCUT2D eigenvalue weighted by molar-refractivity contribution is -0.119. The van der Waals surface area contributed by atoms with Gasteiger partial charge in [0.2, 0.25) is 5.91 Å². The second-order valence-electron chi connectivity index (χ2n) is 8.04. The molecule has 174 valence electrons. The van der Waals surface area contributed by atoms with Crippen LogP contribution in [0.4, 0.5) is 0 Å². The standard InChI is InChI=1S/C26H26ClN5OS/c1-18(11-12-20-7-4-3-5-8-20)29-24(33)17-34-26-31-30-25(21-13-15-28-16-14-21)32(26)23-10-6-9-22(27)19(23)2/h3-10,13-16,18H,11-12,17H2,1-2H3,(H,29,33). The van der Waals surface area contributed by atoms with Crippen molar-refractivity contribution in [2.75, 3.05) is 5.75 Å². The van der Waals surface area contributed by atoms with Gasteiger partial charge in [-0.25, -0.2) is 0 Å². The molecule has 6 nitrogen and oxygen atoms in total. The van der Waals surface area contributed by atoms with Gasteiger partial charge in [-0.05, 0) is 62.1 Å². The maximum absolute atomic E-state index is 12.7. The summed E-state index contributed by atoms with van der Waals surface area (Å²) in [5.74, 6) is 0.879. The molecule has 0 saturated carbocycles. The van der Waals surface area contributed by atoms with Gasteiger partial charge in [0.05, 0.1) is 11.4 Å². The Bertz CT molecular complexity index is 1250. The maximum Gasteiger partial charge on any atom is 0.230 e. The van der Waals surface area contributed by atoms with Crippen molar-refractivity contribution < 1.29 is 4.79 Å². The first kappa shape index (κ1) is 24.0. The molecule has 2 heterocycles. The molecule has 0 radical (unpaired) electrons. The first-order valence-corrected chi connectivity index (χ1v) is 12.5. The van der Waals surface area contributed by atoms with Gasteiger partial charge in [0.1, 0.15) is 0 Å². The second-order valence-corrected chi connectivity index (χ2v) is 9.39. The molecule has 0 saturated heterocycles. The number of thioether (sulfide) groups is 1. The molecular weight excluding hydrogens is 466 g/mol. The number of benzene rings is 2. The van der Waals surface area contributed by atoms with Crippen molar-refractivity contribution in [1.82, 2.24) is 25.1 Å². The monoisotopic (exact) mass is 491 g/mol. The molecule has 34 heavy (non-hydrogen) atoms. The summed E-state index contributed by atoms with van der Waals surface area (Å²) in [5, 5.41) is 13.2. The number of carbonyl (C=O) groups is 1. The van der Waals surface area contributed by atoms with E-state index in [4.69, 9.17) is 11.6 Å². The molecule has 0 aliphatic rings. The van der Waals surface area contributed by atoms with Gasteiger partial charge < -0.3 is 5.32 Å². The van der Waals surface area contributed by atoms with E-state index in [9.17, 15) is 4.79 Å². The molecule has 1 atom stereocenters. The highest BCUT2D eigenvalue weighted by Crippen LogP contribution is 2.31. The van der Waals surface area contributed by atoms with E-state index in [1.165, 1.54) is 17.3 Å². The number of halogens is 1. The lowest BCUT2D eigenvalue weighted by atomic mass is 10.1. The molecule has 0 aliphatic carbocycles. The van der Waals surface area contributed by atoms with Crippen molar-refractivity contribution in [2.45, 2.75) is 37.9 Å². The number of carbonyl (C=O) groups excluding carboxylic acids is 1. The number of amides is 1. The average molecular weight is 492 g/mol. The van der Waals surface area contributed by atoms with E-state index in [2.05, 4.69) is 32.6 Å². The van der Waals surface area contributed by atoms with Crippen molar-refractivity contribution in [3.8, 4) is 17.1 Å². The van der Waals surface area contributed by atoms with Crippen LogP contribution in [0.5, 0.6) is 0 Å². The number of rotatable bonds is 9. The zero-order valence-corrected chi connectivity index (χ0v) is 20.7. The fourth-order valence-corrected chi connectivity index (χ4v) is 4.58. The Morgan fingerprint density at radius 3 is 2.59 bits per heavy atom. The molecule has 8 heteroatoms. The largest absolute Gasteiger partial charge is 0.353 e. The van der Waals surface area contributed by atoms with Crippen LogP contribution < -0.4 is 5.32 Å². The van der Waals surface area contributed by atoms with Crippen LogP contribution in [0.3, 0.4) is 0 Å². The van der Waals surface area contributed by atoms with E-state index in [0.717, 1.165) is 29.7 Å². The number of hydrogen-bond donors (Lipinski definition) is 1. The van der Waals surface area contributed by atoms with Crippen molar-refractivity contribution in [2.24, 2.45) is 0 Å². The summed E-state index contributed by atoms with van der Waals surface area (Å²) in [6.45, 7) is 3.99. The van der Waals surface area contributed by atoms with E-state index in [1.54, 1.807) is 12.4 Å². The molecule has 2 aromatic carbocycles. The number of pyridine rings is 1. The normalized spacial score (nSPS) is 11.9. The van der Waals surface area contributed by atoms with Crippen LogP contribution in [0, 0.1) is 6.92 Å². The molecule has 1 amide bonds. The molecule has 0 bridgehead atoms. The van der Waals surface area contributed by atoms with Gasteiger partial charge in [-0.1, -0.05) is 59.8 Å². The van der Waals surface area contributed by atoms with Gasteiger partial charge in [0, 0.05) is 29.0 Å². The molecule has 1 N–H and O–H groups in total. The van der Waals surface area contributed by atoms with Gasteiger partial charge in [-0.2, -0.15) is 0 Å². The third-order valence-electron chi connectivity index (χ3n) is 5.50. The van der Waals surface area contributed by atoms with E-state index < -0.39 is 0 Å². The Balaban J connectivity index is 1.48. The van der Waals surface area contributed by atoms with Gasteiger partial charge in [-0.3, -0.25) is 14.3 Å². The SMILES string of the molecule is Cc1c(Cl)cccc1-n1c(SCC(=O)NC(C)CCc2ccccc2)nnc1-c1ccncc1. The smallest absolute Gasteiger partial charge is 0.230 e. The highest BCUT2D eigenvalue weighted by Gasteiger charge is 2.19. The van der Waals surface area contributed by atoms with Crippen molar-refractivity contribution >= 4 is 29.3 Å². The first-order chi connectivity index (χ1) is 16.5. The topological polar surface area (TPSA) is 72.7 Å². The van der Waals surface area contributed by atoms with E-state index in [1.807, 2.05) is 66.9 Å². The Hall–Kier alpha value is -3.16. The fraction of sp³-hybridized carbons (Fsp3) is 0.231. The minimum absolute atomic E-state index is 0.0339. The highest BCUT2D eigenvalue weighted by molar-refractivity contribution is 7.99. The third-order valence-corrected chi connectivity index (χ3v) is 6.84. The molecule has 4 aromatic rings. The molecule has 0 aliphatic heterocycles. The summed E-state index contributed by atoms with van der Waals surface area (Å²) in [4.78, 5) is 16.8. The van der Waals surface area contributed by atoms with Crippen LogP contribution in [0.15, 0.2) is 78.2 Å². The summed E-state index contributed by atoms with van der Waals surface area (Å²) in [6, 6.07) is 19.9. The van der Waals surface area contributed by atoms with Crippen LogP contribution in [-0.2, 0) is 11.2 Å². The summed E-state index contributed by atoms with van der Waals surface area (Å²) in [6.07, 6.45) is 5.24. The zero-order chi connectivity index (χ0) is 23.9. The Kier molecular flexibility index (Phi) is 7.98. The van der Waals surface area contributed by atoms with Crippen LogP contribution >= 0.6 is 23.4 Å². The van der Waals surface area contributed by atoms with E-state index in [0.29, 0.717) is 16.0 Å². The number of aryl methyl sites for hydroxylation is 1. The summed E-state index contributed by atoms with van der Waals surface area (Å²) < 4.78 is 1.95. The summed E-state index contributed by atoms with van der Waals surface area (Å²) >= 11 is 7.76. The van der Waals surface area contributed by atoms with E-state index in [-0.39, 0.29) is 17.7 Å².